The lowest BCUT2D eigenvalue weighted by molar-refractivity contribution is 0.420. The SMILES string of the molecule is C1=NNC2(S1)c1ccccc1Oc1ccccc12. The average molecular weight is 254 g/mol. The number of nitrogens with one attached hydrogen (secondary N) is 1. The Balaban J connectivity index is 2.02. The van der Waals surface area contributed by atoms with Gasteiger partial charge >= 0.3 is 0 Å². The number of ether oxygens (including phenoxy) is 1. The van der Waals surface area contributed by atoms with Crippen LogP contribution >= 0.6 is 11.8 Å². The van der Waals surface area contributed by atoms with Gasteiger partial charge in [-0.3, -0.25) is 5.43 Å². The van der Waals surface area contributed by atoms with E-state index < -0.39 is 0 Å². The van der Waals surface area contributed by atoms with Crippen LogP contribution in [0.4, 0.5) is 0 Å². The van der Waals surface area contributed by atoms with E-state index in [0.29, 0.717) is 0 Å². The maximum absolute atomic E-state index is 5.96. The van der Waals surface area contributed by atoms with E-state index in [2.05, 4.69) is 22.7 Å². The van der Waals surface area contributed by atoms with Crippen molar-refractivity contribution in [3.05, 3.63) is 59.7 Å². The van der Waals surface area contributed by atoms with Gasteiger partial charge in [-0.2, -0.15) is 5.10 Å². The maximum Gasteiger partial charge on any atom is 0.163 e. The molecular formula is C14H10N2OS. The van der Waals surface area contributed by atoms with Crippen LogP contribution in [-0.4, -0.2) is 5.55 Å². The van der Waals surface area contributed by atoms with E-state index in [4.69, 9.17) is 4.74 Å². The molecule has 1 spiro atoms. The summed E-state index contributed by atoms with van der Waals surface area (Å²) in [6, 6.07) is 16.2. The molecule has 0 unspecified atom stereocenters. The van der Waals surface area contributed by atoms with Crippen molar-refractivity contribution in [2.75, 3.05) is 0 Å². The molecule has 0 saturated heterocycles. The van der Waals surface area contributed by atoms with Crippen molar-refractivity contribution in [2.24, 2.45) is 5.10 Å². The minimum absolute atomic E-state index is 0.342. The van der Waals surface area contributed by atoms with Crippen molar-refractivity contribution in [1.29, 1.82) is 0 Å². The molecule has 2 heterocycles. The first-order chi connectivity index (χ1) is 8.90. The molecule has 0 aromatic heterocycles. The summed E-state index contributed by atoms with van der Waals surface area (Å²) in [4.78, 5) is -0.342. The van der Waals surface area contributed by atoms with Crippen LogP contribution in [0.1, 0.15) is 11.1 Å². The van der Waals surface area contributed by atoms with Crippen molar-refractivity contribution in [2.45, 2.75) is 4.87 Å². The third-order valence-corrected chi connectivity index (χ3v) is 4.35. The van der Waals surface area contributed by atoms with Gasteiger partial charge in [0.1, 0.15) is 11.5 Å². The zero-order valence-electron chi connectivity index (χ0n) is 9.46. The molecule has 0 bridgehead atoms. The molecule has 2 aliphatic heterocycles. The van der Waals surface area contributed by atoms with Gasteiger partial charge in [0.25, 0.3) is 0 Å². The van der Waals surface area contributed by atoms with E-state index in [1.165, 1.54) is 0 Å². The van der Waals surface area contributed by atoms with Crippen molar-refractivity contribution < 1.29 is 4.74 Å². The van der Waals surface area contributed by atoms with E-state index in [1.807, 2.05) is 41.9 Å². The third kappa shape index (κ3) is 1.18. The Kier molecular flexibility index (Phi) is 1.96. The van der Waals surface area contributed by atoms with E-state index in [-0.39, 0.29) is 4.87 Å². The Morgan fingerprint density at radius 1 is 0.944 bits per heavy atom. The quantitative estimate of drug-likeness (QED) is 0.783. The van der Waals surface area contributed by atoms with Gasteiger partial charge < -0.3 is 4.74 Å². The Hall–Kier alpha value is -1.94. The second-order valence-corrected chi connectivity index (χ2v) is 5.30. The zero-order chi connectivity index (χ0) is 12.0. The average Bonchev–Trinajstić information content (AvgIpc) is 2.90. The highest BCUT2D eigenvalue weighted by molar-refractivity contribution is 8.13. The Labute approximate surface area is 109 Å². The summed E-state index contributed by atoms with van der Waals surface area (Å²) in [7, 11) is 0. The summed E-state index contributed by atoms with van der Waals surface area (Å²) in [6.07, 6.45) is 0. The van der Waals surface area contributed by atoms with Crippen LogP contribution in [0.5, 0.6) is 11.5 Å². The van der Waals surface area contributed by atoms with Crippen LogP contribution in [0, 0.1) is 0 Å². The molecule has 2 aliphatic rings. The van der Waals surface area contributed by atoms with Gasteiger partial charge in [-0.1, -0.05) is 48.2 Å². The molecule has 3 nitrogen and oxygen atoms in total. The first-order valence-electron chi connectivity index (χ1n) is 5.73. The highest BCUT2D eigenvalue weighted by atomic mass is 32.2. The monoisotopic (exact) mass is 254 g/mol. The Morgan fingerprint density at radius 3 is 2.11 bits per heavy atom. The third-order valence-electron chi connectivity index (χ3n) is 3.26. The highest BCUT2D eigenvalue weighted by Gasteiger charge is 2.44. The normalized spacial score (nSPS) is 17.8. The number of rotatable bonds is 0. The number of nitrogens with zero attached hydrogens (tertiary/aromatic N) is 1. The lowest BCUT2D eigenvalue weighted by Gasteiger charge is -2.35. The van der Waals surface area contributed by atoms with Gasteiger partial charge in [0, 0.05) is 11.1 Å². The molecule has 0 radical (unpaired) electrons. The van der Waals surface area contributed by atoms with Gasteiger partial charge in [-0.25, -0.2) is 0 Å². The number of hydrazone groups is 1. The molecule has 0 aliphatic carbocycles. The van der Waals surface area contributed by atoms with Gasteiger partial charge in [0.2, 0.25) is 0 Å². The second-order valence-electron chi connectivity index (χ2n) is 4.24. The van der Waals surface area contributed by atoms with Crippen LogP contribution < -0.4 is 10.2 Å². The van der Waals surface area contributed by atoms with Crippen LogP contribution in [0.3, 0.4) is 0 Å². The van der Waals surface area contributed by atoms with Crippen LogP contribution in [0.25, 0.3) is 0 Å². The summed E-state index contributed by atoms with van der Waals surface area (Å²) >= 11 is 1.67. The molecule has 0 atom stereocenters. The van der Waals surface area contributed by atoms with Gasteiger partial charge in [-0.05, 0) is 12.1 Å². The molecule has 2 aromatic rings. The largest absolute Gasteiger partial charge is 0.457 e. The van der Waals surface area contributed by atoms with Crippen molar-refractivity contribution in [3.8, 4) is 11.5 Å². The van der Waals surface area contributed by atoms with Gasteiger partial charge in [-0.15, -0.1) is 0 Å². The summed E-state index contributed by atoms with van der Waals surface area (Å²) in [5, 5.41) is 4.19. The zero-order valence-corrected chi connectivity index (χ0v) is 10.3. The summed E-state index contributed by atoms with van der Waals surface area (Å²) in [6.45, 7) is 0. The molecule has 1 N–H and O–H groups in total. The number of benzene rings is 2. The van der Waals surface area contributed by atoms with E-state index in [1.54, 1.807) is 11.8 Å². The fourth-order valence-electron chi connectivity index (χ4n) is 2.45. The van der Waals surface area contributed by atoms with Crippen LogP contribution in [0.2, 0.25) is 0 Å². The van der Waals surface area contributed by atoms with Gasteiger partial charge in [0.15, 0.2) is 4.87 Å². The number of hydrogen-bond donors (Lipinski definition) is 1. The number of thioether (sulfide) groups is 1. The fraction of sp³-hybridized carbons (Fsp3) is 0.0714. The van der Waals surface area contributed by atoms with Gasteiger partial charge in [0.05, 0.1) is 5.55 Å². The second kappa shape index (κ2) is 3.53. The number of fused-ring (bicyclic) bond motifs is 4. The fourth-order valence-corrected chi connectivity index (χ4v) is 3.41. The van der Waals surface area contributed by atoms with Crippen LogP contribution in [-0.2, 0) is 4.87 Å². The maximum atomic E-state index is 5.96. The first-order valence-corrected chi connectivity index (χ1v) is 6.61. The number of hydrogen-bond acceptors (Lipinski definition) is 4. The first kappa shape index (κ1) is 10.0. The minimum Gasteiger partial charge on any atom is -0.457 e. The predicted octanol–water partition coefficient (Wildman–Crippen LogP) is 3.27. The molecule has 88 valence electrons. The standard InChI is InChI=1S/C14H10N2OS/c1-3-7-12-10(5-1)14(16-15-9-18-14)11-6-2-4-8-13(11)17-12/h1-9,16H. The predicted molar refractivity (Wildman–Crippen MR) is 73.0 cm³/mol. The lowest BCUT2D eigenvalue weighted by atomic mass is 9.94. The molecule has 4 rings (SSSR count). The Bertz CT molecular complexity index is 598. The summed E-state index contributed by atoms with van der Waals surface area (Å²) in [5.41, 5.74) is 7.32. The van der Waals surface area contributed by atoms with Crippen LogP contribution in [0.15, 0.2) is 53.6 Å². The minimum atomic E-state index is -0.342. The van der Waals surface area contributed by atoms with E-state index in [9.17, 15) is 0 Å². The molecule has 2 aromatic carbocycles. The molecule has 0 saturated carbocycles. The molecule has 4 heteroatoms. The van der Waals surface area contributed by atoms with E-state index in [0.717, 1.165) is 22.6 Å². The topological polar surface area (TPSA) is 33.6 Å². The Morgan fingerprint density at radius 2 is 1.56 bits per heavy atom. The molecular weight excluding hydrogens is 244 g/mol. The summed E-state index contributed by atoms with van der Waals surface area (Å²) in [5.74, 6) is 1.78. The van der Waals surface area contributed by atoms with E-state index >= 15 is 0 Å². The van der Waals surface area contributed by atoms with Crippen molar-refractivity contribution in [1.82, 2.24) is 5.43 Å². The molecule has 0 amide bonds. The smallest absolute Gasteiger partial charge is 0.163 e. The lowest BCUT2D eigenvalue weighted by Crippen LogP contribution is -2.36. The van der Waals surface area contributed by atoms with Crippen molar-refractivity contribution >= 4 is 17.3 Å². The number of para-hydroxylation sites is 2. The van der Waals surface area contributed by atoms with Crippen molar-refractivity contribution in [3.63, 3.8) is 0 Å². The highest BCUT2D eigenvalue weighted by Crippen LogP contribution is 2.52. The molecule has 18 heavy (non-hydrogen) atoms. The molecule has 0 fully saturated rings. The summed E-state index contributed by atoms with van der Waals surface area (Å²) < 4.78 is 5.96.